The summed E-state index contributed by atoms with van der Waals surface area (Å²) in [6.07, 6.45) is 2.54. The summed E-state index contributed by atoms with van der Waals surface area (Å²) in [5.74, 6) is 0.484. The lowest BCUT2D eigenvalue weighted by Gasteiger charge is -2.04. The average Bonchev–Trinajstić information content (AvgIpc) is 2.54. The van der Waals surface area contributed by atoms with E-state index in [0.717, 1.165) is 17.7 Å². The number of benzene rings is 2. The standard InChI is InChI=1S/C17H19N3O2/c1-2-11-22-14-9-7-13(8-10-14)12-19-20-17(21)15-5-3-4-6-16(15)18/h3-10,12H,2,11,18H2,1H3,(H,20,21)/b19-12+. The van der Waals surface area contributed by atoms with Crippen LogP contribution in [-0.4, -0.2) is 18.7 Å². The molecule has 1 amide bonds. The Hall–Kier alpha value is -2.82. The summed E-state index contributed by atoms with van der Waals surface area (Å²) in [6, 6.07) is 14.3. The number of carbonyl (C=O) groups is 1. The van der Waals surface area contributed by atoms with Crippen LogP contribution in [0, 0.1) is 0 Å². The van der Waals surface area contributed by atoms with Gasteiger partial charge in [0.15, 0.2) is 0 Å². The summed E-state index contributed by atoms with van der Waals surface area (Å²) < 4.78 is 5.50. The molecule has 0 fully saturated rings. The minimum atomic E-state index is -0.336. The van der Waals surface area contributed by atoms with E-state index in [2.05, 4.69) is 17.5 Å². The molecule has 0 saturated heterocycles. The van der Waals surface area contributed by atoms with Gasteiger partial charge in [-0.1, -0.05) is 19.1 Å². The molecule has 0 saturated carbocycles. The van der Waals surface area contributed by atoms with Crippen LogP contribution in [0.5, 0.6) is 5.75 Å². The van der Waals surface area contributed by atoms with Gasteiger partial charge >= 0.3 is 0 Å². The number of hydrogen-bond donors (Lipinski definition) is 2. The van der Waals surface area contributed by atoms with Crippen molar-refractivity contribution in [3.63, 3.8) is 0 Å². The summed E-state index contributed by atoms with van der Waals surface area (Å²) in [6.45, 7) is 2.76. The summed E-state index contributed by atoms with van der Waals surface area (Å²) in [7, 11) is 0. The first-order valence-electron chi connectivity index (χ1n) is 7.11. The normalized spacial score (nSPS) is 10.6. The van der Waals surface area contributed by atoms with Crippen molar-refractivity contribution in [2.24, 2.45) is 5.10 Å². The smallest absolute Gasteiger partial charge is 0.273 e. The molecule has 3 N–H and O–H groups in total. The number of anilines is 1. The largest absolute Gasteiger partial charge is 0.494 e. The maximum atomic E-state index is 11.9. The maximum absolute atomic E-state index is 11.9. The highest BCUT2D eigenvalue weighted by atomic mass is 16.5. The molecule has 0 aliphatic rings. The van der Waals surface area contributed by atoms with Crippen LogP contribution in [0.15, 0.2) is 53.6 Å². The van der Waals surface area contributed by atoms with Crippen molar-refractivity contribution in [3.8, 4) is 5.75 Å². The molecule has 0 aliphatic carbocycles. The number of nitrogens with two attached hydrogens (primary N) is 1. The number of carbonyl (C=O) groups excluding carboxylic acids is 1. The van der Waals surface area contributed by atoms with Crippen LogP contribution in [-0.2, 0) is 0 Å². The lowest BCUT2D eigenvalue weighted by molar-refractivity contribution is 0.0956. The van der Waals surface area contributed by atoms with Crippen LogP contribution in [0.25, 0.3) is 0 Å². The number of ether oxygens (including phenoxy) is 1. The monoisotopic (exact) mass is 297 g/mol. The number of rotatable bonds is 6. The third-order valence-corrected chi connectivity index (χ3v) is 2.94. The van der Waals surface area contributed by atoms with Crippen molar-refractivity contribution in [3.05, 3.63) is 59.7 Å². The third-order valence-electron chi connectivity index (χ3n) is 2.94. The van der Waals surface area contributed by atoms with Gasteiger partial charge in [0.2, 0.25) is 0 Å². The number of amides is 1. The van der Waals surface area contributed by atoms with Crippen molar-refractivity contribution in [1.29, 1.82) is 0 Å². The second-order valence-electron chi connectivity index (χ2n) is 4.70. The van der Waals surface area contributed by atoms with Crippen molar-refractivity contribution in [2.75, 3.05) is 12.3 Å². The van der Waals surface area contributed by atoms with Gasteiger partial charge in [0.25, 0.3) is 5.91 Å². The molecule has 0 aromatic heterocycles. The van der Waals surface area contributed by atoms with E-state index in [1.807, 2.05) is 24.3 Å². The molecule has 0 radical (unpaired) electrons. The van der Waals surface area contributed by atoms with Crippen LogP contribution in [0.2, 0.25) is 0 Å². The first-order valence-corrected chi connectivity index (χ1v) is 7.11. The highest BCUT2D eigenvalue weighted by molar-refractivity contribution is 5.99. The second-order valence-corrected chi connectivity index (χ2v) is 4.70. The number of nitrogens with one attached hydrogen (secondary N) is 1. The number of para-hydroxylation sites is 1. The Morgan fingerprint density at radius 3 is 2.64 bits per heavy atom. The van der Waals surface area contributed by atoms with Crippen molar-refractivity contribution >= 4 is 17.8 Å². The number of hydrogen-bond acceptors (Lipinski definition) is 4. The van der Waals surface area contributed by atoms with Crippen LogP contribution in [0.4, 0.5) is 5.69 Å². The molecule has 0 heterocycles. The molecule has 0 bridgehead atoms. The zero-order chi connectivity index (χ0) is 15.8. The van der Waals surface area contributed by atoms with E-state index >= 15 is 0 Å². The average molecular weight is 297 g/mol. The Morgan fingerprint density at radius 2 is 1.95 bits per heavy atom. The van der Waals surface area contributed by atoms with E-state index in [1.54, 1.807) is 30.5 Å². The lowest BCUT2D eigenvalue weighted by Crippen LogP contribution is -2.18. The molecule has 22 heavy (non-hydrogen) atoms. The minimum absolute atomic E-state index is 0.336. The summed E-state index contributed by atoms with van der Waals surface area (Å²) in [5, 5.41) is 3.93. The number of nitrogen functional groups attached to an aromatic ring is 1. The molecule has 0 spiro atoms. The molecule has 5 heteroatoms. The van der Waals surface area contributed by atoms with Gasteiger partial charge in [0, 0.05) is 5.69 Å². The third kappa shape index (κ3) is 4.34. The quantitative estimate of drug-likeness (QED) is 0.489. The Labute approximate surface area is 129 Å². The first kappa shape index (κ1) is 15.6. The van der Waals surface area contributed by atoms with Crippen molar-refractivity contribution < 1.29 is 9.53 Å². The Morgan fingerprint density at radius 1 is 1.23 bits per heavy atom. The zero-order valence-electron chi connectivity index (χ0n) is 12.5. The molecule has 0 atom stereocenters. The van der Waals surface area contributed by atoms with E-state index < -0.39 is 0 Å². The molecule has 2 aromatic rings. The van der Waals surface area contributed by atoms with Gasteiger partial charge in [-0.05, 0) is 48.4 Å². The Kier molecular flexibility index (Phi) is 5.54. The predicted octanol–water partition coefficient (Wildman–Crippen LogP) is 2.82. The fourth-order valence-corrected chi connectivity index (χ4v) is 1.80. The predicted molar refractivity (Wildman–Crippen MR) is 88.1 cm³/mol. The van der Waals surface area contributed by atoms with E-state index in [1.165, 1.54) is 0 Å². The van der Waals surface area contributed by atoms with Gasteiger partial charge in [-0.25, -0.2) is 5.43 Å². The van der Waals surface area contributed by atoms with E-state index in [4.69, 9.17) is 10.5 Å². The number of nitrogens with zero attached hydrogens (tertiary/aromatic N) is 1. The van der Waals surface area contributed by atoms with Gasteiger partial charge < -0.3 is 10.5 Å². The molecule has 0 aliphatic heterocycles. The fraction of sp³-hybridized carbons (Fsp3) is 0.176. The molecule has 5 nitrogen and oxygen atoms in total. The SMILES string of the molecule is CCCOc1ccc(/C=N/NC(=O)c2ccccc2N)cc1. The van der Waals surface area contributed by atoms with Gasteiger partial charge in [-0.2, -0.15) is 5.10 Å². The molecule has 2 aromatic carbocycles. The topological polar surface area (TPSA) is 76.7 Å². The van der Waals surface area contributed by atoms with E-state index in [-0.39, 0.29) is 5.91 Å². The van der Waals surface area contributed by atoms with Crippen LogP contribution >= 0.6 is 0 Å². The van der Waals surface area contributed by atoms with E-state index in [0.29, 0.717) is 17.9 Å². The van der Waals surface area contributed by atoms with Gasteiger partial charge in [0.05, 0.1) is 18.4 Å². The summed E-state index contributed by atoms with van der Waals surface area (Å²) in [5.41, 5.74) is 9.89. The molecular formula is C17H19N3O2. The van der Waals surface area contributed by atoms with Crippen LogP contribution in [0.3, 0.4) is 0 Å². The van der Waals surface area contributed by atoms with Crippen molar-refractivity contribution in [2.45, 2.75) is 13.3 Å². The Balaban J connectivity index is 1.92. The van der Waals surface area contributed by atoms with E-state index in [9.17, 15) is 4.79 Å². The minimum Gasteiger partial charge on any atom is -0.494 e. The van der Waals surface area contributed by atoms with Gasteiger partial charge in [-0.3, -0.25) is 4.79 Å². The fourth-order valence-electron chi connectivity index (χ4n) is 1.80. The highest BCUT2D eigenvalue weighted by Gasteiger charge is 2.06. The summed E-state index contributed by atoms with van der Waals surface area (Å²) in [4.78, 5) is 11.9. The number of hydrazone groups is 1. The molecule has 114 valence electrons. The van der Waals surface area contributed by atoms with Crippen LogP contribution < -0.4 is 15.9 Å². The Bertz CT molecular complexity index is 651. The molecular weight excluding hydrogens is 278 g/mol. The second kappa shape index (κ2) is 7.83. The molecule has 2 rings (SSSR count). The molecule has 0 unspecified atom stereocenters. The van der Waals surface area contributed by atoms with Crippen molar-refractivity contribution in [1.82, 2.24) is 5.43 Å². The van der Waals surface area contributed by atoms with Gasteiger partial charge in [-0.15, -0.1) is 0 Å². The highest BCUT2D eigenvalue weighted by Crippen LogP contribution is 2.12. The maximum Gasteiger partial charge on any atom is 0.273 e. The van der Waals surface area contributed by atoms with Gasteiger partial charge in [0.1, 0.15) is 5.75 Å². The zero-order valence-corrected chi connectivity index (χ0v) is 12.5. The first-order chi connectivity index (χ1) is 10.7. The lowest BCUT2D eigenvalue weighted by atomic mass is 10.2. The summed E-state index contributed by atoms with van der Waals surface area (Å²) >= 11 is 0. The van der Waals surface area contributed by atoms with Crippen LogP contribution in [0.1, 0.15) is 29.3 Å².